The second kappa shape index (κ2) is 5.51. The first kappa shape index (κ1) is 13.7. The Morgan fingerprint density at radius 1 is 1.53 bits per heavy atom. The van der Waals surface area contributed by atoms with Crippen molar-refractivity contribution in [2.24, 2.45) is 0 Å². The third kappa shape index (κ3) is 3.00. The summed E-state index contributed by atoms with van der Waals surface area (Å²) in [6, 6.07) is 2.08. The first-order valence-electron chi connectivity index (χ1n) is 4.64. The van der Waals surface area contributed by atoms with Crippen molar-refractivity contribution in [1.82, 2.24) is 10.2 Å². The molecule has 2 rings (SSSR count). The van der Waals surface area contributed by atoms with Crippen LogP contribution in [0.2, 0.25) is 5.02 Å². The van der Waals surface area contributed by atoms with Crippen molar-refractivity contribution in [1.29, 1.82) is 0 Å². The quantitative estimate of drug-likeness (QED) is 0.682. The van der Waals surface area contributed by atoms with Crippen LogP contribution < -0.4 is 0 Å². The lowest BCUT2D eigenvalue weighted by molar-refractivity contribution is -0.384. The Balaban J connectivity index is 2.52. The Morgan fingerprint density at radius 3 is 2.79 bits per heavy atom. The number of rotatable bonds is 4. The Kier molecular flexibility index (Phi) is 3.98. The fourth-order valence-electron chi connectivity index (χ4n) is 1.24. The molecule has 10 heteroatoms. The Morgan fingerprint density at radius 2 is 2.26 bits per heavy atom. The number of carbonyl (C=O) groups is 1. The number of nitro groups is 1. The number of aromatic nitrogens is 2. The lowest BCUT2D eigenvalue weighted by Crippen LogP contribution is -2.01. The minimum atomic E-state index is -1.29. The number of halogens is 1. The molecule has 0 radical (unpaired) electrons. The van der Waals surface area contributed by atoms with Crippen molar-refractivity contribution >= 4 is 46.4 Å². The lowest BCUT2D eigenvalue weighted by Gasteiger charge is -2.06. The zero-order chi connectivity index (χ0) is 14.0. The molecule has 1 aromatic heterocycles. The van der Waals surface area contributed by atoms with E-state index in [4.69, 9.17) is 16.7 Å². The Labute approximate surface area is 119 Å². The maximum atomic E-state index is 11.2. The van der Waals surface area contributed by atoms with Crippen molar-refractivity contribution in [2.75, 3.05) is 0 Å². The van der Waals surface area contributed by atoms with Gasteiger partial charge < -0.3 is 5.11 Å². The van der Waals surface area contributed by atoms with Gasteiger partial charge in [0.1, 0.15) is 5.51 Å². The normalized spacial score (nSPS) is 10.4. The van der Waals surface area contributed by atoms with Gasteiger partial charge in [0, 0.05) is 17.0 Å². The third-order valence-corrected chi connectivity index (χ3v) is 4.33. The standard InChI is InChI=1S/C9H4ClN3O4S2/c10-6-2-4(13(16)17)1-5(8(14)15)7(6)19-9-12-11-3-18-9/h1-3H,(H,14,15). The van der Waals surface area contributed by atoms with Crippen molar-refractivity contribution in [3.63, 3.8) is 0 Å². The summed E-state index contributed by atoms with van der Waals surface area (Å²) in [7, 11) is 0. The number of hydrogen-bond donors (Lipinski definition) is 1. The number of hydrogen-bond acceptors (Lipinski definition) is 7. The van der Waals surface area contributed by atoms with Crippen LogP contribution >= 0.6 is 34.7 Å². The fraction of sp³-hybridized carbons (Fsp3) is 0. The highest BCUT2D eigenvalue weighted by Crippen LogP contribution is 2.38. The molecule has 0 fully saturated rings. The molecule has 0 atom stereocenters. The average molecular weight is 318 g/mol. The van der Waals surface area contributed by atoms with Crippen molar-refractivity contribution in [3.8, 4) is 0 Å². The summed E-state index contributed by atoms with van der Waals surface area (Å²) in [4.78, 5) is 21.3. The second-order valence-corrected chi connectivity index (χ2v) is 5.67. The number of carboxylic acid groups (broad SMARTS) is 1. The first-order chi connectivity index (χ1) is 8.99. The lowest BCUT2D eigenvalue weighted by atomic mass is 10.2. The highest BCUT2D eigenvalue weighted by molar-refractivity contribution is 8.01. The molecule has 2 aromatic rings. The minimum absolute atomic E-state index is 0.00759. The maximum Gasteiger partial charge on any atom is 0.337 e. The summed E-state index contributed by atoms with van der Waals surface area (Å²) in [5, 5.41) is 27.1. The van der Waals surface area contributed by atoms with Crippen LogP contribution in [0.4, 0.5) is 5.69 Å². The van der Waals surface area contributed by atoms with Crippen LogP contribution in [0.15, 0.2) is 26.9 Å². The number of carboxylic acids is 1. The van der Waals surface area contributed by atoms with Gasteiger partial charge in [-0.1, -0.05) is 34.7 Å². The van der Waals surface area contributed by atoms with Gasteiger partial charge in [-0.05, 0) is 0 Å². The van der Waals surface area contributed by atoms with Crippen LogP contribution in [-0.4, -0.2) is 26.2 Å². The minimum Gasteiger partial charge on any atom is -0.478 e. The van der Waals surface area contributed by atoms with E-state index in [0.717, 1.165) is 23.9 Å². The molecule has 19 heavy (non-hydrogen) atoms. The molecule has 0 spiro atoms. The van der Waals surface area contributed by atoms with Gasteiger partial charge in [-0.2, -0.15) is 0 Å². The van der Waals surface area contributed by atoms with Crippen LogP contribution in [0.3, 0.4) is 0 Å². The van der Waals surface area contributed by atoms with Gasteiger partial charge in [-0.15, -0.1) is 10.2 Å². The van der Waals surface area contributed by atoms with Crippen LogP contribution in [0, 0.1) is 10.1 Å². The van der Waals surface area contributed by atoms with Gasteiger partial charge in [0.2, 0.25) is 0 Å². The summed E-state index contributed by atoms with van der Waals surface area (Å²) < 4.78 is 0.498. The molecule has 0 unspecified atom stereocenters. The summed E-state index contributed by atoms with van der Waals surface area (Å²) >= 11 is 8.13. The summed E-state index contributed by atoms with van der Waals surface area (Å²) in [6.45, 7) is 0. The van der Waals surface area contributed by atoms with Crippen molar-refractivity contribution in [2.45, 2.75) is 9.24 Å². The van der Waals surface area contributed by atoms with E-state index in [1.807, 2.05) is 0 Å². The van der Waals surface area contributed by atoms with Crippen molar-refractivity contribution < 1.29 is 14.8 Å². The molecule has 0 aliphatic heterocycles. The summed E-state index contributed by atoms with van der Waals surface area (Å²) in [5.41, 5.74) is 0.880. The van der Waals surface area contributed by atoms with E-state index < -0.39 is 10.9 Å². The zero-order valence-corrected chi connectivity index (χ0v) is 11.3. The summed E-state index contributed by atoms with van der Waals surface area (Å²) in [6.07, 6.45) is 0. The molecule has 1 heterocycles. The van der Waals surface area contributed by atoms with E-state index in [1.54, 1.807) is 0 Å². The molecule has 0 aliphatic carbocycles. The molecule has 1 N–H and O–H groups in total. The highest BCUT2D eigenvalue weighted by atomic mass is 35.5. The maximum absolute atomic E-state index is 11.2. The molecule has 98 valence electrons. The summed E-state index contributed by atoms with van der Waals surface area (Å²) in [5.74, 6) is -1.29. The molecule has 0 saturated heterocycles. The molecule has 0 amide bonds. The number of nitrogens with zero attached hydrogens (tertiary/aromatic N) is 3. The first-order valence-corrected chi connectivity index (χ1v) is 6.71. The van der Waals surface area contributed by atoms with Crippen molar-refractivity contribution in [3.05, 3.63) is 38.3 Å². The molecule has 0 aliphatic rings. The van der Waals surface area contributed by atoms with Crippen LogP contribution in [0.5, 0.6) is 0 Å². The van der Waals surface area contributed by atoms with Gasteiger partial charge in [0.25, 0.3) is 5.69 Å². The largest absolute Gasteiger partial charge is 0.478 e. The van der Waals surface area contributed by atoms with E-state index in [-0.39, 0.29) is 21.2 Å². The topological polar surface area (TPSA) is 106 Å². The smallest absolute Gasteiger partial charge is 0.337 e. The van der Waals surface area contributed by atoms with Gasteiger partial charge in [0.05, 0.1) is 15.5 Å². The van der Waals surface area contributed by atoms with Gasteiger partial charge in [-0.25, -0.2) is 4.79 Å². The SMILES string of the molecule is O=C(O)c1cc([N+](=O)[O-])cc(Cl)c1Sc1nncs1. The van der Waals surface area contributed by atoms with E-state index in [2.05, 4.69) is 10.2 Å². The predicted molar refractivity (Wildman–Crippen MR) is 69.1 cm³/mol. The fourth-order valence-corrected chi connectivity index (χ4v) is 3.10. The van der Waals surface area contributed by atoms with Crippen LogP contribution in [0.25, 0.3) is 0 Å². The monoisotopic (exact) mass is 317 g/mol. The number of nitro benzene ring substituents is 1. The molecular formula is C9H4ClN3O4S2. The highest BCUT2D eigenvalue weighted by Gasteiger charge is 2.21. The number of aromatic carboxylic acids is 1. The zero-order valence-electron chi connectivity index (χ0n) is 8.94. The van der Waals surface area contributed by atoms with E-state index >= 15 is 0 Å². The van der Waals surface area contributed by atoms with E-state index in [9.17, 15) is 14.9 Å². The number of non-ortho nitro benzene ring substituents is 1. The number of benzene rings is 1. The van der Waals surface area contributed by atoms with E-state index in [1.165, 1.54) is 16.8 Å². The second-order valence-electron chi connectivity index (χ2n) is 3.17. The Hall–Kier alpha value is -1.71. The third-order valence-electron chi connectivity index (χ3n) is 2.00. The molecule has 7 nitrogen and oxygen atoms in total. The Bertz CT molecular complexity index is 647. The van der Waals surface area contributed by atoms with Crippen LogP contribution in [0.1, 0.15) is 10.4 Å². The molecule has 0 bridgehead atoms. The molecule has 1 aromatic carbocycles. The van der Waals surface area contributed by atoms with Gasteiger partial charge >= 0.3 is 5.97 Å². The van der Waals surface area contributed by atoms with Crippen LogP contribution in [-0.2, 0) is 0 Å². The predicted octanol–water partition coefficient (Wildman–Crippen LogP) is 2.95. The van der Waals surface area contributed by atoms with Gasteiger partial charge in [0.15, 0.2) is 4.34 Å². The van der Waals surface area contributed by atoms with Gasteiger partial charge in [-0.3, -0.25) is 10.1 Å². The molecule has 0 saturated carbocycles. The average Bonchev–Trinajstić information content (AvgIpc) is 2.83. The molecular weight excluding hydrogens is 314 g/mol. The van der Waals surface area contributed by atoms with E-state index in [0.29, 0.717) is 4.34 Å².